The van der Waals surface area contributed by atoms with E-state index in [1.165, 1.54) is 19.4 Å². The van der Waals surface area contributed by atoms with Crippen LogP contribution in [0.5, 0.6) is 0 Å². The maximum absolute atomic E-state index is 11.4. The van der Waals surface area contributed by atoms with Crippen LogP contribution in [0, 0.1) is 16.0 Å². The second-order valence-corrected chi connectivity index (χ2v) is 4.09. The zero-order chi connectivity index (χ0) is 13.1. The second-order valence-electron chi connectivity index (χ2n) is 4.09. The first-order valence-electron chi connectivity index (χ1n) is 5.55. The number of ether oxygens (including phenoxy) is 1. The van der Waals surface area contributed by atoms with Gasteiger partial charge in [-0.15, -0.1) is 0 Å². The van der Waals surface area contributed by atoms with Gasteiger partial charge in [0.05, 0.1) is 18.7 Å². The number of esters is 1. The van der Waals surface area contributed by atoms with Gasteiger partial charge in [0.2, 0.25) is 0 Å². The van der Waals surface area contributed by atoms with E-state index in [-0.39, 0.29) is 17.7 Å². The first-order chi connectivity index (χ1) is 8.61. The number of carbonyl (C=O) groups is 1. The molecule has 1 aromatic rings. The molecule has 2 heterocycles. The lowest BCUT2D eigenvalue weighted by Gasteiger charge is -2.16. The third-order valence-corrected chi connectivity index (χ3v) is 3.01. The van der Waals surface area contributed by atoms with E-state index in [4.69, 9.17) is 4.74 Å². The molecule has 1 saturated heterocycles. The predicted molar refractivity (Wildman–Crippen MR) is 63.2 cm³/mol. The molecular formula is C11H13N3O4. The van der Waals surface area contributed by atoms with E-state index in [1.807, 2.05) is 4.90 Å². The van der Waals surface area contributed by atoms with E-state index in [9.17, 15) is 14.9 Å². The molecule has 7 heteroatoms. The Hall–Kier alpha value is -2.18. The van der Waals surface area contributed by atoms with Gasteiger partial charge in [0.25, 0.3) is 0 Å². The number of carbonyl (C=O) groups excluding carboxylic acids is 1. The second kappa shape index (κ2) is 4.99. The van der Waals surface area contributed by atoms with E-state index in [0.717, 1.165) is 18.7 Å². The molecule has 2 rings (SSSR count). The monoisotopic (exact) mass is 251 g/mol. The molecule has 1 aromatic heterocycles. The first-order valence-corrected chi connectivity index (χ1v) is 5.55. The number of nitrogens with zero attached hydrogens (tertiary/aromatic N) is 3. The highest BCUT2D eigenvalue weighted by molar-refractivity contribution is 5.74. The summed E-state index contributed by atoms with van der Waals surface area (Å²) < 4.78 is 4.70. The van der Waals surface area contributed by atoms with Crippen molar-refractivity contribution in [3.63, 3.8) is 0 Å². The average Bonchev–Trinajstić information content (AvgIpc) is 2.87. The molecule has 0 saturated carbocycles. The number of hydrogen-bond donors (Lipinski definition) is 0. The van der Waals surface area contributed by atoms with Crippen molar-refractivity contribution in [3.8, 4) is 0 Å². The molecule has 0 aromatic carbocycles. The van der Waals surface area contributed by atoms with Gasteiger partial charge in [0.1, 0.15) is 0 Å². The molecule has 1 atom stereocenters. The van der Waals surface area contributed by atoms with Crippen molar-refractivity contribution < 1.29 is 14.5 Å². The molecule has 0 amide bonds. The maximum Gasteiger partial charge on any atom is 0.363 e. The van der Waals surface area contributed by atoms with Crippen LogP contribution in [0.3, 0.4) is 0 Å². The summed E-state index contributed by atoms with van der Waals surface area (Å²) in [6.45, 7) is 1.28. The maximum atomic E-state index is 11.4. The zero-order valence-electron chi connectivity index (χ0n) is 9.91. The molecule has 1 fully saturated rings. The van der Waals surface area contributed by atoms with E-state index < -0.39 is 4.92 Å². The summed E-state index contributed by atoms with van der Waals surface area (Å²) in [6, 6.07) is 3.01. The van der Waals surface area contributed by atoms with Crippen molar-refractivity contribution in [2.75, 3.05) is 25.1 Å². The van der Waals surface area contributed by atoms with Crippen molar-refractivity contribution in [1.29, 1.82) is 0 Å². The highest BCUT2D eigenvalue weighted by atomic mass is 16.6. The minimum Gasteiger partial charge on any atom is -0.469 e. The van der Waals surface area contributed by atoms with Gasteiger partial charge in [-0.25, -0.2) is 0 Å². The lowest BCUT2D eigenvalue weighted by Crippen LogP contribution is -2.23. The summed E-state index contributed by atoms with van der Waals surface area (Å²) >= 11 is 0. The fourth-order valence-corrected chi connectivity index (χ4v) is 2.03. The Bertz CT molecular complexity index is 460. The number of hydrogen-bond acceptors (Lipinski definition) is 6. The molecule has 1 aliphatic rings. The molecule has 0 spiro atoms. The summed E-state index contributed by atoms with van der Waals surface area (Å²) in [4.78, 5) is 27.1. The van der Waals surface area contributed by atoms with Gasteiger partial charge < -0.3 is 19.8 Å². The minimum absolute atomic E-state index is 0.134. The normalized spacial score (nSPS) is 18.7. The van der Waals surface area contributed by atoms with Gasteiger partial charge in [-0.3, -0.25) is 4.79 Å². The molecule has 7 nitrogen and oxygen atoms in total. The van der Waals surface area contributed by atoms with Gasteiger partial charge in [0.15, 0.2) is 6.20 Å². The van der Waals surface area contributed by atoms with Crippen molar-refractivity contribution in [1.82, 2.24) is 4.98 Å². The third kappa shape index (κ3) is 2.39. The molecule has 0 bridgehead atoms. The Morgan fingerprint density at radius 3 is 2.94 bits per heavy atom. The highest BCUT2D eigenvalue weighted by Gasteiger charge is 2.29. The molecular weight excluding hydrogens is 238 g/mol. The number of pyridine rings is 1. The number of nitro groups is 1. The average molecular weight is 251 g/mol. The van der Waals surface area contributed by atoms with Crippen LogP contribution in [0.4, 0.5) is 11.5 Å². The first kappa shape index (κ1) is 12.3. The Kier molecular flexibility index (Phi) is 3.40. The fourth-order valence-electron chi connectivity index (χ4n) is 2.03. The summed E-state index contributed by atoms with van der Waals surface area (Å²) in [6.07, 6.45) is 2.18. The van der Waals surface area contributed by atoms with E-state index >= 15 is 0 Å². The number of aromatic nitrogens is 1. The lowest BCUT2D eigenvalue weighted by molar-refractivity contribution is -0.389. The lowest BCUT2D eigenvalue weighted by atomic mass is 10.1. The van der Waals surface area contributed by atoms with Crippen LogP contribution in [0.2, 0.25) is 0 Å². The standard InChI is InChI=1S/C11H13N3O4/c1-18-11(15)8-4-5-13(7-8)9-2-3-10(12-6-9)14(16)17/h2-3,6,8H,4-5,7H2,1H3. The van der Waals surface area contributed by atoms with Gasteiger partial charge in [-0.05, 0) is 22.4 Å². The van der Waals surface area contributed by atoms with Crippen LogP contribution in [-0.2, 0) is 9.53 Å². The molecule has 96 valence electrons. The fraction of sp³-hybridized carbons (Fsp3) is 0.455. The molecule has 0 radical (unpaired) electrons. The third-order valence-electron chi connectivity index (χ3n) is 3.01. The number of anilines is 1. The number of methoxy groups -OCH3 is 1. The highest BCUT2D eigenvalue weighted by Crippen LogP contribution is 2.24. The van der Waals surface area contributed by atoms with Crippen LogP contribution in [0.15, 0.2) is 18.3 Å². The smallest absolute Gasteiger partial charge is 0.363 e. The summed E-state index contributed by atoms with van der Waals surface area (Å²) in [5.41, 5.74) is 0.784. The van der Waals surface area contributed by atoms with Crippen LogP contribution in [-0.4, -0.2) is 36.1 Å². The van der Waals surface area contributed by atoms with E-state index in [2.05, 4.69) is 4.98 Å². The predicted octanol–water partition coefficient (Wildman–Crippen LogP) is 0.989. The Balaban J connectivity index is 2.05. The summed E-state index contributed by atoms with van der Waals surface area (Å²) in [5.74, 6) is -0.528. The Morgan fingerprint density at radius 2 is 2.39 bits per heavy atom. The molecule has 18 heavy (non-hydrogen) atoms. The molecule has 1 aliphatic heterocycles. The largest absolute Gasteiger partial charge is 0.469 e. The van der Waals surface area contributed by atoms with Crippen molar-refractivity contribution in [2.24, 2.45) is 5.92 Å². The van der Waals surface area contributed by atoms with Crippen LogP contribution in [0.1, 0.15) is 6.42 Å². The summed E-state index contributed by atoms with van der Waals surface area (Å²) in [7, 11) is 1.37. The topological polar surface area (TPSA) is 85.6 Å². The van der Waals surface area contributed by atoms with E-state index in [1.54, 1.807) is 6.07 Å². The van der Waals surface area contributed by atoms with E-state index in [0.29, 0.717) is 6.54 Å². The van der Waals surface area contributed by atoms with Crippen LogP contribution >= 0.6 is 0 Å². The van der Waals surface area contributed by atoms with Crippen LogP contribution < -0.4 is 4.90 Å². The van der Waals surface area contributed by atoms with Crippen molar-refractivity contribution in [3.05, 3.63) is 28.4 Å². The molecule has 1 unspecified atom stereocenters. The van der Waals surface area contributed by atoms with Gasteiger partial charge in [-0.1, -0.05) is 0 Å². The zero-order valence-corrected chi connectivity index (χ0v) is 9.91. The van der Waals surface area contributed by atoms with Crippen molar-refractivity contribution >= 4 is 17.5 Å². The van der Waals surface area contributed by atoms with Crippen LogP contribution in [0.25, 0.3) is 0 Å². The SMILES string of the molecule is COC(=O)C1CCN(c2ccc([N+](=O)[O-])nc2)C1. The minimum atomic E-state index is -0.537. The quantitative estimate of drug-likeness (QED) is 0.452. The Morgan fingerprint density at radius 1 is 1.61 bits per heavy atom. The molecule has 0 aliphatic carbocycles. The summed E-state index contributed by atoms with van der Waals surface area (Å²) in [5, 5.41) is 10.5. The number of rotatable bonds is 3. The van der Waals surface area contributed by atoms with Crippen molar-refractivity contribution in [2.45, 2.75) is 6.42 Å². The van der Waals surface area contributed by atoms with Gasteiger partial charge >= 0.3 is 11.8 Å². The van der Waals surface area contributed by atoms with Gasteiger partial charge in [0, 0.05) is 19.2 Å². The Labute approximate surface area is 104 Å². The van der Waals surface area contributed by atoms with Gasteiger partial charge in [-0.2, -0.15) is 0 Å². The molecule has 0 N–H and O–H groups in total.